The summed E-state index contributed by atoms with van der Waals surface area (Å²) in [6, 6.07) is 3.73. The van der Waals surface area contributed by atoms with Gasteiger partial charge in [0.1, 0.15) is 5.82 Å². The molecule has 0 aromatic heterocycles. The number of rotatable bonds is 6. The molecular formula is C16H21FS. The minimum atomic E-state index is -0.232. The Balaban J connectivity index is 2.90. The Kier molecular flexibility index (Phi) is 6.81. The Morgan fingerprint density at radius 1 is 1.00 bits per heavy atom. The van der Waals surface area contributed by atoms with Gasteiger partial charge in [-0.05, 0) is 18.4 Å². The van der Waals surface area contributed by atoms with E-state index in [0.717, 1.165) is 31.2 Å². The van der Waals surface area contributed by atoms with Gasteiger partial charge in [0.05, 0.1) is 0 Å². The third-order valence-corrected chi connectivity index (χ3v) is 3.14. The lowest BCUT2D eigenvalue weighted by atomic mass is 10.1. The first-order valence-electron chi connectivity index (χ1n) is 6.55. The molecule has 2 heteroatoms. The third-order valence-electron chi connectivity index (χ3n) is 2.68. The second-order valence-electron chi connectivity index (χ2n) is 4.29. The van der Waals surface area contributed by atoms with Gasteiger partial charge >= 0.3 is 0 Å². The second kappa shape index (κ2) is 8.15. The van der Waals surface area contributed by atoms with E-state index in [1.165, 1.54) is 0 Å². The summed E-state index contributed by atoms with van der Waals surface area (Å²) in [6.45, 7) is 4.22. The van der Waals surface area contributed by atoms with E-state index < -0.39 is 0 Å². The summed E-state index contributed by atoms with van der Waals surface area (Å²) >= 11 is 4.27. The van der Waals surface area contributed by atoms with Crippen LogP contribution >= 0.6 is 12.6 Å². The molecule has 0 unspecified atom stereocenters. The van der Waals surface area contributed by atoms with Gasteiger partial charge in [0, 0.05) is 10.5 Å². The molecule has 0 amide bonds. The molecule has 0 aliphatic rings. The average molecular weight is 264 g/mol. The minimum absolute atomic E-state index is 0.232. The Morgan fingerprint density at radius 2 is 1.50 bits per heavy atom. The molecule has 1 aromatic carbocycles. The molecule has 0 atom stereocenters. The third kappa shape index (κ3) is 4.34. The molecule has 0 fully saturated rings. The smallest absolute Gasteiger partial charge is 0.144 e. The highest BCUT2D eigenvalue weighted by Crippen LogP contribution is 2.24. The predicted octanol–water partition coefficient (Wildman–Crippen LogP) is 5.74. The highest BCUT2D eigenvalue weighted by Gasteiger charge is 2.06. The first kappa shape index (κ1) is 15.0. The van der Waals surface area contributed by atoms with Crippen molar-refractivity contribution >= 4 is 24.8 Å². The van der Waals surface area contributed by atoms with Crippen molar-refractivity contribution in [1.82, 2.24) is 0 Å². The van der Waals surface area contributed by atoms with Crippen LogP contribution in [0.25, 0.3) is 12.2 Å². The molecule has 0 radical (unpaired) electrons. The summed E-state index contributed by atoms with van der Waals surface area (Å²) in [5.74, 6) is -0.232. The summed E-state index contributed by atoms with van der Waals surface area (Å²) < 4.78 is 14.0. The monoisotopic (exact) mass is 264 g/mol. The van der Waals surface area contributed by atoms with Crippen molar-refractivity contribution < 1.29 is 4.39 Å². The summed E-state index contributed by atoms with van der Waals surface area (Å²) in [5.41, 5.74) is 1.46. The molecule has 0 nitrogen and oxygen atoms in total. The van der Waals surface area contributed by atoms with Crippen molar-refractivity contribution in [3.05, 3.63) is 41.2 Å². The van der Waals surface area contributed by atoms with Crippen molar-refractivity contribution in [2.75, 3.05) is 0 Å². The van der Waals surface area contributed by atoms with Crippen molar-refractivity contribution in [2.45, 2.75) is 44.4 Å². The Labute approximate surface area is 115 Å². The number of halogens is 1. The minimum Gasteiger partial charge on any atom is -0.205 e. The molecule has 0 spiro atoms. The van der Waals surface area contributed by atoms with E-state index in [9.17, 15) is 4.39 Å². The second-order valence-corrected chi connectivity index (χ2v) is 4.74. The fraction of sp³-hybridized carbons (Fsp3) is 0.375. The fourth-order valence-electron chi connectivity index (χ4n) is 1.61. The van der Waals surface area contributed by atoms with Crippen LogP contribution in [-0.2, 0) is 0 Å². The van der Waals surface area contributed by atoms with E-state index in [2.05, 4.69) is 32.6 Å². The molecule has 0 N–H and O–H groups in total. The molecular weight excluding hydrogens is 243 g/mol. The normalized spacial score (nSPS) is 11.8. The zero-order chi connectivity index (χ0) is 13.4. The van der Waals surface area contributed by atoms with Gasteiger partial charge in [0.2, 0.25) is 0 Å². The Morgan fingerprint density at radius 3 is 2.06 bits per heavy atom. The summed E-state index contributed by atoms with van der Waals surface area (Å²) in [4.78, 5) is 0.431. The molecule has 0 aliphatic carbocycles. The van der Waals surface area contributed by atoms with Gasteiger partial charge in [-0.3, -0.25) is 0 Å². The summed E-state index contributed by atoms with van der Waals surface area (Å²) in [5, 5.41) is 0. The first-order chi connectivity index (χ1) is 8.70. The Bertz CT molecular complexity index is 392. The quantitative estimate of drug-likeness (QED) is 0.622. The molecule has 1 rings (SSSR count). The molecule has 18 heavy (non-hydrogen) atoms. The number of unbranched alkanes of at least 4 members (excludes halogenated alkanes) is 2. The molecule has 0 saturated carbocycles. The maximum atomic E-state index is 14.0. The van der Waals surface area contributed by atoms with Crippen LogP contribution in [0.1, 0.15) is 50.7 Å². The van der Waals surface area contributed by atoms with E-state index in [-0.39, 0.29) is 5.82 Å². The number of thiol groups is 1. The number of benzene rings is 1. The van der Waals surface area contributed by atoms with Gasteiger partial charge in [-0.1, -0.05) is 63.1 Å². The van der Waals surface area contributed by atoms with Crippen molar-refractivity contribution in [1.29, 1.82) is 0 Å². The van der Waals surface area contributed by atoms with Crippen LogP contribution in [0, 0.1) is 5.82 Å². The lowest BCUT2D eigenvalue weighted by Crippen LogP contribution is -1.88. The number of hydrogen-bond donors (Lipinski definition) is 1. The van der Waals surface area contributed by atoms with Crippen LogP contribution in [-0.4, -0.2) is 0 Å². The highest BCUT2D eigenvalue weighted by atomic mass is 32.1. The number of allylic oxidation sites excluding steroid dienone is 2. The van der Waals surface area contributed by atoms with Crippen LogP contribution in [0.2, 0.25) is 0 Å². The van der Waals surface area contributed by atoms with Crippen LogP contribution in [0.5, 0.6) is 0 Å². The average Bonchev–Trinajstić information content (AvgIpc) is 2.37. The maximum Gasteiger partial charge on any atom is 0.144 e. The lowest BCUT2D eigenvalue weighted by molar-refractivity contribution is 0.599. The van der Waals surface area contributed by atoms with E-state index in [1.807, 2.05) is 30.4 Å². The standard InChI is InChI=1S/C16H21FS/c1-3-5-7-9-13-11-12-14(10-8-6-4-2)16(18)15(13)17/h7-12,18H,3-6H2,1-2H3/b9-7+,10-8+. The highest BCUT2D eigenvalue weighted by molar-refractivity contribution is 7.80. The van der Waals surface area contributed by atoms with Gasteiger partial charge in [-0.2, -0.15) is 0 Å². The molecule has 0 heterocycles. The first-order valence-corrected chi connectivity index (χ1v) is 7.00. The lowest BCUT2D eigenvalue weighted by Gasteiger charge is -2.04. The van der Waals surface area contributed by atoms with E-state index in [0.29, 0.717) is 10.5 Å². The van der Waals surface area contributed by atoms with Gasteiger partial charge in [-0.15, -0.1) is 12.6 Å². The van der Waals surface area contributed by atoms with Gasteiger partial charge in [0.25, 0.3) is 0 Å². The fourth-order valence-corrected chi connectivity index (χ4v) is 1.89. The van der Waals surface area contributed by atoms with Gasteiger partial charge in [0.15, 0.2) is 0 Å². The van der Waals surface area contributed by atoms with Crippen LogP contribution in [0.15, 0.2) is 29.2 Å². The van der Waals surface area contributed by atoms with Crippen LogP contribution in [0.4, 0.5) is 4.39 Å². The van der Waals surface area contributed by atoms with Crippen LogP contribution < -0.4 is 0 Å². The summed E-state index contributed by atoms with van der Waals surface area (Å²) in [7, 11) is 0. The largest absolute Gasteiger partial charge is 0.205 e. The topological polar surface area (TPSA) is 0 Å². The molecule has 98 valence electrons. The summed E-state index contributed by atoms with van der Waals surface area (Å²) in [6.07, 6.45) is 12.0. The van der Waals surface area contributed by atoms with Crippen LogP contribution in [0.3, 0.4) is 0 Å². The van der Waals surface area contributed by atoms with Gasteiger partial charge < -0.3 is 0 Å². The predicted molar refractivity (Wildman–Crippen MR) is 81.5 cm³/mol. The number of hydrogen-bond acceptors (Lipinski definition) is 1. The maximum absolute atomic E-state index is 14.0. The molecule has 0 saturated heterocycles. The van der Waals surface area contributed by atoms with Crippen molar-refractivity contribution in [3.8, 4) is 0 Å². The van der Waals surface area contributed by atoms with E-state index >= 15 is 0 Å². The molecule has 0 aliphatic heterocycles. The zero-order valence-corrected chi connectivity index (χ0v) is 12.0. The molecule has 0 bridgehead atoms. The van der Waals surface area contributed by atoms with Crippen molar-refractivity contribution in [2.24, 2.45) is 0 Å². The van der Waals surface area contributed by atoms with E-state index in [1.54, 1.807) is 0 Å². The van der Waals surface area contributed by atoms with Crippen molar-refractivity contribution in [3.63, 3.8) is 0 Å². The van der Waals surface area contributed by atoms with Gasteiger partial charge in [-0.25, -0.2) is 4.39 Å². The Hall–Kier alpha value is -1.02. The zero-order valence-electron chi connectivity index (χ0n) is 11.1. The van der Waals surface area contributed by atoms with E-state index in [4.69, 9.17) is 0 Å². The SMILES string of the molecule is CCC/C=C/c1ccc(/C=C/CCC)c(S)c1F. The molecule has 1 aromatic rings.